The van der Waals surface area contributed by atoms with E-state index in [-0.39, 0.29) is 6.61 Å². The van der Waals surface area contributed by atoms with Gasteiger partial charge in [0.1, 0.15) is 11.6 Å². The first-order valence-electron chi connectivity index (χ1n) is 6.68. The van der Waals surface area contributed by atoms with Crippen molar-refractivity contribution in [1.29, 1.82) is 0 Å². The molecule has 0 aliphatic heterocycles. The molecule has 4 nitrogen and oxygen atoms in total. The van der Waals surface area contributed by atoms with E-state index in [9.17, 15) is 4.39 Å². The molecule has 0 spiro atoms. The summed E-state index contributed by atoms with van der Waals surface area (Å²) in [5.41, 5.74) is 1.38. The van der Waals surface area contributed by atoms with Crippen molar-refractivity contribution in [3.8, 4) is 17.6 Å². The van der Waals surface area contributed by atoms with Crippen molar-refractivity contribution >= 4 is 0 Å². The molecule has 1 aromatic carbocycles. The third-order valence-electron chi connectivity index (χ3n) is 2.82. The Balaban J connectivity index is 1.90. The molecule has 0 aliphatic carbocycles. The molecule has 2 rings (SSSR count). The highest BCUT2D eigenvalue weighted by Crippen LogP contribution is 2.16. The van der Waals surface area contributed by atoms with E-state index in [2.05, 4.69) is 16.9 Å². The minimum atomic E-state index is -0.417. The maximum Gasteiger partial charge on any atom is 0.142 e. The molecule has 5 heteroatoms. The molecule has 0 saturated carbocycles. The lowest BCUT2D eigenvalue weighted by Crippen LogP contribution is -2.01. The highest BCUT2D eigenvalue weighted by atomic mass is 19.1. The first-order valence-corrected chi connectivity index (χ1v) is 6.68. The van der Waals surface area contributed by atoms with Crippen LogP contribution in [0.15, 0.2) is 30.6 Å². The van der Waals surface area contributed by atoms with Crippen molar-refractivity contribution in [1.82, 2.24) is 9.78 Å². The molecule has 0 radical (unpaired) electrons. The van der Waals surface area contributed by atoms with Crippen molar-refractivity contribution in [3.63, 3.8) is 0 Å². The number of aromatic nitrogens is 2. The minimum Gasteiger partial charge on any atom is -0.493 e. The molecule has 1 aromatic heterocycles. The molecule has 0 unspecified atom stereocenters. The maximum absolute atomic E-state index is 13.8. The monoisotopic (exact) mass is 288 g/mol. The van der Waals surface area contributed by atoms with Crippen LogP contribution in [0.1, 0.15) is 17.5 Å². The smallest absolute Gasteiger partial charge is 0.142 e. The lowest BCUT2D eigenvalue weighted by molar-refractivity contribution is 0.305. The van der Waals surface area contributed by atoms with Gasteiger partial charge in [0.05, 0.1) is 25.0 Å². The van der Waals surface area contributed by atoms with Gasteiger partial charge in [-0.15, -0.1) is 0 Å². The number of ether oxygens (including phenoxy) is 1. The summed E-state index contributed by atoms with van der Waals surface area (Å²) in [6.45, 7) is 0.435. The quantitative estimate of drug-likeness (QED) is 0.855. The van der Waals surface area contributed by atoms with Crippen LogP contribution in [-0.4, -0.2) is 28.1 Å². The average Bonchev–Trinajstić information content (AvgIpc) is 2.87. The number of aryl methyl sites for hydroxylation is 1. The van der Waals surface area contributed by atoms with E-state index in [4.69, 9.17) is 9.84 Å². The van der Waals surface area contributed by atoms with Gasteiger partial charge in [-0.3, -0.25) is 4.68 Å². The zero-order valence-corrected chi connectivity index (χ0v) is 11.8. The molecule has 1 heterocycles. The summed E-state index contributed by atoms with van der Waals surface area (Å²) in [5, 5.41) is 12.7. The summed E-state index contributed by atoms with van der Waals surface area (Å²) >= 11 is 0. The average molecular weight is 288 g/mol. The van der Waals surface area contributed by atoms with Gasteiger partial charge in [0, 0.05) is 32.2 Å². The van der Waals surface area contributed by atoms with Crippen LogP contribution in [0, 0.1) is 17.7 Å². The van der Waals surface area contributed by atoms with E-state index in [1.807, 2.05) is 13.2 Å². The van der Waals surface area contributed by atoms with Gasteiger partial charge in [0.15, 0.2) is 0 Å². The number of hydrogen-bond donors (Lipinski definition) is 1. The third kappa shape index (κ3) is 4.62. The fourth-order valence-corrected chi connectivity index (χ4v) is 1.79. The van der Waals surface area contributed by atoms with E-state index in [1.54, 1.807) is 23.0 Å². The highest BCUT2D eigenvalue weighted by molar-refractivity contribution is 5.39. The Morgan fingerprint density at radius 2 is 2.29 bits per heavy atom. The Kier molecular flexibility index (Phi) is 5.35. The lowest BCUT2D eigenvalue weighted by Gasteiger charge is -2.05. The lowest BCUT2D eigenvalue weighted by atomic mass is 10.2. The van der Waals surface area contributed by atoms with Gasteiger partial charge in [-0.1, -0.05) is 11.8 Å². The highest BCUT2D eigenvalue weighted by Gasteiger charge is 2.03. The Labute approximate surface area is 123 Å². The number of rotatable bonds is 5. The van der Waals surface area contributed by atoms with Crippen LogP contribution in [0.25, 0.3) is 0 Å². The molecule has 1 N–H and O–H groups in total. The van der Waals surface area contributed by atoms with Gasteiger partial charge in [-0.05, 0) is 17.7 Å². The summed E-state index contributed by atoms with van der Waals surface area (Å²) in [4.78, 5) is 0. The van der Waals surface area contributed by atoms with Gasteiger partial charge in [-0.2, -0.15) is 5.10 Å². The van der Waals surface area contributed by atoms with Crippen LogP contribution in [0.5, 0.6) is 5.75 Å². The minimum absolute atomic E-state index is 0.0237. The summed E-state index contributed by atoms with van der Waals surface area (Å²) < 4.78 is 21.0. The Bertz CT molecular complexity index is 656. The summed E-state index contributed by atoms with van der Waals surface area (Å²) in [6, 6.07) is 4.60. The van der Waals surface area contributed by atoms with Crippen LogP contribution in [0.2, 0.25) is 0 Å². The number of hydrogen-bond acceptors (Lipinski definition) is 3. The van der Waals surface area contributed by atoms with E-state index in [0.717, 1.165) is 5.56 Å². The fraction of sp³-hybridized carbons (Fsp3) is 0.312. The molecule has 0 saturated heterocycles. The third-order valence-corrected chi connectivity index (χ3v) is 2.82. The Morgan fingerprint density at radius 1 is 1.43 bits per heavy atom. The molecule has 21 heavy (non-hydrogen) atoms. The predicted molar refractivity (Wildman–Crippen MR) is 77.4 cm³/mol. The zero-order chi connectivity index (χ0) is 15.1. The molecule has 0 bridgehead atoms. The van der Waals surface area contributed by atoms with E-state index in [1.165, 1.54) is 6.07 Å². The van der Waals surface area contributed by atoms with Crippen molar-refractivity contribution in [2.75, 3.05) is 13.2 Å². The number of benzene rings is 1. The maximum atomic E-state index is 13.8. The molecule has 0 fully saturated rings. The van der Waals surface area contributed by atoms with Crippen LogP contribution in [0.3, 0.4) is 0 Å². The summed E-state index contributed by atoms with van der Waals surface area (Å²) in [6.07, 6.45) is 4.75. The van der Waals surface area contributed by atoms with Crippen molar-refractivity contribution < 1.29 is 14.2 Å². The van der Waals surface area contributed by atoms with E-state index in [0.29, 0.717) is 30.8 Å². The number of nitrogens with zero attached hydrogens (tertiary/aromatic N) is 2. The van der Waals surface area contributed by atoms with Crippen LogP contribution < -0.4 is 4.74 Å². The summed E-state index contributed by atoms with van der Waals surface area (Å²) in [5.74, 6) is 5.42. The largest absolute Gasteiger partial charge is 0.493 e. The van der Waals surface area contributed by atoms with E-state index < -0.39 is 5.82 Å². The molecular weight excluding hydrogens is 271 g/mol. The number of aliphatic hydroxyl groups is 1. The van der Waals surface area contributed by atoms with Gasteiger partial charge in [0.2, 0.25) is 0 Å². The first-order chi connectivity index (χ1) is 10.2. The Morgan fingerprint density at radius 3 is 2.95 bits per heavy atom. The molecule has 0 amide bonds. The SMILES string of the molecule is Cn1cc(CCOc2ccc(C#CCCO)c(F)c2)cn1. The second-order valence-electron chi connectivity index (χ2n) is 4.54. The van der Waals surface area contributed by atoms with Gasteiger partial charge in [-0.25, -0.2) is 4.39 Å². The molecule has 0 aliphatic rings. The van der Waals surface area contributed by atoms with Crippen LogP contribution in [0.4, 0.5) is 4.39 Å². The second-order valence-corrected chi connectivity index (χ2v) is 4.54. The van der Waals surface area contributed by atoms with Crippen molar-refractivity contribution in [2.24, 2.45) is 7.05 Å². The zero-order valence-electron chi connectivity index (χ0n) is 11.8. The van der Waals surface area contributed by atoms with Crippen LogP contribution in [-0.2, 0) is 13.5 Å². The van der Waals surface area contributed by atoms with Gasteiger partial charge >= 0.3 is 0 Å². The summed E-state index contributed by atoms with van der Waals surface area (Å²) in [7, 11) is 1.86. The Hall–Kier alpha value is -2.32. The van der Waals surface area contributed by atoms with Crippen molar-refractivity contribution in [3.05, 3.63) is 47.5 Å². The molecule has 110 valence electrons. The number of halogens is 1. The first kappa shape index (κ1) is 15.1. The fourth-order valence-electron chi connectivity index (χ4n) is 1.79. The van der Waals surface area contributed by atoms with E-state index >= 15 is 0 Å². The number of aliphatic hydroxyl groups excluding tert-OH is 1. The van der Waals surface area contributed by atoms with Gasteiger partial charge in [0.25, 0.3) is 0 Å². The standard InChI is InChI=1S/C16H17FN2O2/c1-19-12-13(11-18-19)7-9-21-15-6-5-14(16(17)10-15)4-2-3-8-20/h5-6,10-12,20H,3,7-9H2,1H3. The predicted octanol–water partition coefficient (Wildman–Crippen LogP) is 1.91. The van der Waals surface area contributed by atoms with Crippen LogP contribution >= 0.6 is 0 Å². The topological polar surface area (TPSA) is 47.3 Å². The second kappa shape index (κ2) is 7.46. The molecular formula is C16H17FN2O2. The molecule has 2 aromatic rings. The van der Waals surface area contributed by atoms with Gasteiger partial charge < -0.3 is 9.84 Å². The molecule has 0 atom stereocenters. The normalized spacial score (nSPS) is 10.0. The van der Waals surface area contributed by atoms with Crippen molar-refractivity contribution in [2.45, 2.75) is 12.8 Å².